The molecule has 0 bridgehead atoms. The Hall–Kier alpha value is -2.60. The van der Waals surface area contributed by atoms with Gasteiger partial charge in [0.25, 0.3) is 5.69 Å². The van der Waals surface area contributed by atoms with Crippen LogP contribution in [0.1, 0.15) is 22.8 Å². The minimum atomic E-state index is -1.03. The molecule has 0 aromatic heterocycles. The number of aliphatic hydroxyl groups excluding tert-OH is 1. The zero-order valence-corrected chi connectivity index (χ0v) is 12.6. The van der Waals surface area contributed by atoms with Crippen LogP contribution < -0.4 is 9.47 Å². The number of nitro groups is 1. The molecule has 0 aliphatic heterocycles. The van der Waals surface area contributed by atoms with Gasteiger partial charge in [0.1, 0.15) is 17.6 Å². The molecule has 1 N–H and O–H groups in total. The van der Waals surface area contributed by atoms with Crippen LogP contribution in [0.15, 0.2) is 36.4 Å². The molecule has 0 aliphatic carbocycles. The lowest BCUT2D eigenvalue weighted by molar-refractivity contribution is -0.385. The SMILES string of the molecule is COc1ccc([C@@H](O)c2ccc(C)c([N+](=O)[O-])c2)c(OC)c1. The monoisotopic (exact) mass is 303 g/mol. The van der Waals surface area contributed by atoms with E-state index in [0.29, 0.717) is 28.2 Å². The standard InChI is InChI=1S/C16H17NO5/c1-10-4-5-11(8-14(10)17(19)20)16(18)13-7-6-12(21-2)9-15(13)22-3/h4-9,16,18H,1-3H3/t16-/m0/s1. The number of rotatable bonds is 5. The van der Waals surface area contributed by atoms with Gasteiger partial charge < -0.3 is 14.6 Å². The van der Waals surface area contributed by atoms with E-state index in [9.17, 15) is 15.2 Å². The second-order valence-corrected chi connectivity index (χ2v) is 4.81. The van der Waals surface area contributed by atoms with Gasteiger partial charge in [-0.2, -0.15) is 0 Å². The number of aryl methyl sites for hydroxylation is 1. The van der Waals surface area contributed by atoms with E-state index in [0.717, 1.165) is 0 Å². The van der Waals surface area contributed by atoms with E-state index in [1.165, 1.54) is 20.3 Å². The Labute approximate surface area is 128 Å². The van der Waals surface area contributed by atoms with E-state index in [4.69, 9.17) is 9.47 Å². The van der Waals surface area contributed by atoms with Gasteiger partial charge in [-0.15, -0.1) is 0 Å². The predicted octanol–water partition coefficient (Wildman–Crippen LogP) is 3.00. The number of ether oxygens (including phenoxy) is 2. The molecule has 2 rings (SSSR count). The number of nitro benzene ring substituents is 1. The van der Waals surface area contributed by atoms with Crippen molar-refractivity contribution in [2.45, 2.75) is 13.0 Å². The van der Waals surface area contributed by atoms with Crippen molar-refractivity contribution >= 4 is 5.69 Å². The van der Waals surface area contributed by atoms with E-state index in [-0.39, 0.29) is 5.69 Å². The number of aliphatic hydroxyl groups is 1. The number of nitrogens with zero attached hydrogens (tertiary/aromatic N) is 1. The van der Waals surface area contributed by atoms with Crippen LogP contribution >= 0.6 is 0 Å². The average Bonchev–Trinajstić information content (AvgIpc) is 2.53. The highest BCUT2D eigenvalue weighted by atomic mass is 16.6. The molecule has 0 fully saturated rings. The molecule has 6 nitrogen and oxygen atoms in total. The summed E-state index contributed by atoms with van der Waals surface area (Å²) < 4.78 is 10.4. The van der Waals surface area contributed by atoms with E-state index < -0.39 is 11.0 Å². The highest BCUT2D eigenvalue weighted by Crippen LogP contribution is 2.34. The second-order valence-electron chi connectivity index (χ2n) is 4.81. The third kappa shape index (κ3) is 3.01. The first-order valence-electron chi connectivity index (χ1n) is 6.63. The van der Waals surface area contributed by atoms with Crippen LogP contribution in [0.25, 0.3) is 0 Å². The Morgan fingerprint density at radius 1 is 1.14 bits per heavy atom. The highest BCUT2D eigenvalue weighted by molar-refractivity contribution is 5.49. The van der Waals surface area contributed by atoms with Gasteiger partial charge in [0, 0.05) is 23.3 Å². The number of hydrogen-bond donors (Lipinski definition) is 1. The minimum absolute atomic E-state index is 0.0240. The number of benzene rings is 2. The van der Waals surface area contributed by atoms with Crippen LogP contribution in [0.5, 0.6) is 11.5 Å². The van der Waals surface area contributed by atoms with Crippen molar-refractivity contribution in [1.29, 1.82) is 0 Å². The molecule has 116 valence electrons. The van der Waals surface area contributed by atoms with Crippen molar-refractivity contribution in [2.75, 3.05) is 14.2 Å². The zero-order chi connectivity index (χ0) is 16.3. The Balaban J connectivity index is 2.46. The molecule has 2 aromatic carbocycles. The van der Waals surface area contributed by atoms with E-state index in [1.54, 1.807) is 37.3 Å². The molecule has 22 heavy (non-hydrogen) atoms. The first-order chi connectivity index (χ1) is 10.5. The summed E-state index contributed by atoms with van der Waals surface area (Å²) in [5.74, 6) is 1.05. The average molecular weight is 303 g/mol. The van der Waals surface area contributed by atoms with Gasteiger partial charge in [0.05, 0.1) is 19.1 Å². The van der Waals surface area contributed by atoms with Crippen molar-refractivity contribution in [1.82, 2.24) is 0 Å². The zero-order valence-electron chi connectivity index (χ0n) is 12.6. The molecule has 0 unspecified atom stereocenters. The fourth-order valence-electron chi connectivity index (χ4n) is 2.22. The molecule has 0 saturated heterocycles. The van der Waals surface area contributed by atoms with Gasteiger partial charge in [-0.05, 0) is 24.6 Å². The van der Waals surface area contributed by atoms with Crippen LogP contribution in [-0.2, 0) is 0 Å². The topological polar surface area (TPSA) is 81.8 Å². The fourth-order valence-corrected chi connectivity index (χ4v) is 2.22. The molecule has 2 aromatic rings. The third-order valence-electron chi connectivity index (χ3n) is 3.48. The van der Waals surface area contributed by atoms with Crippen LogP contribution in [0.4, 0.5) is 5.69 Å². The van der Waals surface area contributed by atoms with Crippen molar-refractivity contribution in [3.05, 3.63) is 63.2 Å². The van der Waals surface area contributed by atoms with Gasteiger partial charge in [-0.25, -0.2) is 0 Å². The highest BCUT2D eigenvalue weighted by Gasteiger charge is 2.20. The maximum atomic E-state index is 11.0. The summed E-state index contributed by atoms with van der Waals surface area (Å²) in [5.41, 5.74) is 1.47. The lowest BCUT2D eigenvalue weighted by Crippen LogP contribution is -2.04. The molecule has 0 heterocycles. The predicted molar refractivity (Wildman–Crippen MR) is 81.4 cm³/mol. The Morgan fingerprint density at radius 3 is 2.45 bits per heavy atom. The van der Waals surface area contributed by atoms with Crippen molar-refractivity contribution in [2.24, 2.45) is 0 Å². The molecule has 0 saturated carbocycles. The van der Waals surface area contributed by atoms with Crippen LogP contribution in [0.3, 0.4) is 0 Å². The molecular formula is C16H17NO5. The van der Waals surface area contributed by atoms with Gasteiger partial charge in [0.2, 0.25) is 0 Å². The van der Waals surface area contributed by atoms with Gasteiger partial charge >= 0.3 is 0 Å². The van der Waals surface area contributed by atoms with Gasteiger partial charge in [-0.1, -0.05) is 12.1 Å². The summed E-state index contributed by atoms with van der Waals surface area (Å²) in [4.78, 5) is 10.6. The maximum absolute atomic E-state index is 11.0. The molecule has 6 heteroatoms. The molecule has 0 radical (unpaired) electrons. The summed E-state index contributed by atoms with van der Waals surface area (Å²) in [6, 6.07) is 9.69. The summed E-state index contributed by atoms with van der Waals surface area (Å²) >= 11 is 0. The molecule has 0 spiro atoms. The molecule has 0 aliphatic rings. The van der Waals surface area contributed by atoms with Crippen molar-refractivity contribution in [3.8, 4) is 11.5 Å². The van der Waals surface area contributed by atoms with E-state index in [1.807, 2.05) is 0 Å². The van der Waals surface area contributed by atoms with Gasteiger partial charge in [0.15, 0.2) is 0 Å². The largest absolute Gasteiger partial charge is 0.497 e. The first-order valence-corrected chi connectivity index (χ1v) is 6.63. The van der Waals surface area contributed by atoms with Crippen LogP contribution in [0, 0.1) is 17.0 Å². The Kier molecular flexibility index (Phi) is 4.62. The number of hydrogen-bond acceptors (Lipinski definition) is 5. The first kappa shape index (κ1) is 15.8. The maximum Gasteiger partial charge on any atom is 0.272 e. The van der Waals surface area contributed by atoms with Crippen LogP contribution in [-0.4, -0.2) is 24.2 Å². The molecule has 0 amide bonds. The quantitative estimate of drug-likeness (QED) is 0.678. The lowest BCUT2D eigenvalue weighted by Gasteiger charge is -2.16. The van der Waals surface area contributed by atoms with Gasteiger partial charge in [-0.3, -0.25) is 10.1 Å². The number of methoxy groups -OCH3 is 2. The summed E-state index contributed by atoms with van der Waals surface area (Å²) in [7, 11) is 3.02. The summed E-state index contributed by atoms with van der Waals surface area (Å²) in [6.45, 7) is 1.66. The van der Waals surface area contributed by atoms with Crippen LogP contribution in [0.2, 0.25) is 0 Å². The molecular weight excluding hydrogens is 286 g/mol. The van der Waals surface area contributed by atoms with Crippen molar-refractivity contribution < 1.29 is 19.5 Å². The Morgan fingerprint density at radius 2 is 1.86 bits per heavy atom. The normalized spacial score (nSPS) is 11.8. The summed E-state index contributed by atoms with van der Waals surface area (Å²) in [6.07, 6.45) is -1.03. The lowest BCUT2D eigenvalue weighted by atomic mass is 9.98. The minimum Gasteiger partial charge on any atom is -0.497 e. The third-order valence-corrected chi connectivity index (χ3v) is 3.48. The Bertz CT molecular complexity index is 699. The summed E-state index contributed by atoms with van der Waals surface area (Å²) in [5, 5.41) is 21.5. The van der Waals surface area contributed by atoms with Crippen molar-refractivity contribution in [3.63, 3.8) is 0 Å². The second kappa shape index (κ2) is 6.44. The molecule has 1 atom stereocenters. The van der Waals surface area contributed by atoms with E-state index >= 15 is 0 Å². The fraction of sp³-hybridized carbons (Fsp3) is 0.250. The smallest absolute Gasteiger partial charge is 0.272 e. The van der Waals surface area contributed by atoms with E-state index in [2.05, 4.69) is 0 Å².